The van der Waals surface area contributed by atoms with Gasteiger partial charge in [0.25, 0.3) is 0 Å². The summed E-state index contributed by atoms with van der Waals surface area (Å²) >= 11 is 0. The lowest BCUT2D eigenvalue weighted by Gasteiger charge is -2.26. The van der Waals surface area contributed by atoms with Gasteiger partial charge in [-0.15, -0.1) is 0 Å². The minimum atomic E-state index is -0.116. The summed E-state index contributed by atoms with van der Waals surface area (Å²) in [6, 6.07) is 7.93. The number of hydrogen-bond acceptors (Lipinski definition) is 2. The molecule has 3 nitrogen and oxygen atoms in total. The number of rotatable bonds is 4. The topological polar surface area (TPSA) is 55.1 Å². The number of carbonyl (C=O) groups is 1. The fourth-order valence-electron chi connectivity index (χ4n) is 1.58. The first kappa shape index (κ1) is 14.7. The quantitative estimate of drug-likeness (QED) is 0.859. The molecule has 0 saturated heterocycles. The number of carbonyl (C=O) groups excluding carboxylic acids is 1. The van der Waals surface area contributed by atoms with Crippen LogP contribution < -0.4 is 11.1 Å². The molecule has 0 saturated carbocycles. The molecule has 1 rings (SSSR count). The molecule has 0 aliphatic rings. The van der Waals surface area contributed by atoms with Gasteiger partial charge >= 0.3 is 0 Å². The minimum absolute atomic E-state index is 0.0145. The van der Waals surface area contributed by atoms with Crippen LogP contribution in [0.4, 0.5) is 0 Å². The number of nitrogens with two attached hydrogens (primary N) is 1. The molecule has 3 N–H and O–H groups in total. The molecule has 0 spiro atoms. The fraction of sp³-hybridized carbons (Fsp3) is 0.533. The van der Waals surface area contributed by atoms with Gasteiger partial charge in [-0.1, -0.05) is 45.0 Å². The second-order valence-corrected chi connectivity index (χ2v) is 5.88. The molecule has 0 radical (unpaired) electrons. The maximum absolute atomic E-state index is 11.8. The van der Waals surface area contributed by atoms with Gasteiger partial charge < -0.3 is 11.1 Å². The van der Waals surface area contributed by atoms with Crippen molar-refractivity contribution >= 4 is 5.91 Å². The highest BCUT2D eigenvalue weighted by Crippen LogP contribution is 2.19. The molecule has 100 valence electrons. The zero-order chi connectivity index (χ0) is 13.8. The summed E-state index contributed by atoms with van der Waals surface area (Å²) in [5.74, 6) is 0.0145. The fourth-order valence-corrected chi connectivity index (χ4v) is 1.58. The lowest BCUT2D eigenvalue weighted by Crippen LogP contribution is -2.40. The van der Waals surface area contributed by atoms with Gasteiger partial charge in [0.1, 0.15) is 0 Å². The van der Waals surface area contributed by atoms with Crippen molar-refractivity contribution in [2.24, 2.45) is 11.1 Å². The number of benzene rings is 1. The summed E-state index contributed by atoms with van der Waals surface area (Å²) < 4.78 is 0. The van der Waals surface area contributed by atoms with Crippen LogP contribution in [0.2, 0.25) is 0 Å². The molecule has 1 amide bonds. The Morgan fingerprint density at radius 2 is 1.94 bits per heavy atom. The summed E-state index contributed by atoms with van der Waals surface area (Å²) in [6.07, 6.45) is 0.370. The van der Waals surface area contributed by atoms with Crippen molar-refractivity contribution in [1.29, 1.82) is 0 Å². The van der Waals surface area contributed by atoms with Gasteiger partial charge in [0.15, 0.2) is 0 Å². The van der Waals surface area contributed by atoms with Crippen LogP contribution in [0.15, 0.2) is 24.3 Å². The van der Waals surface area contributed by atoms with E-state index in [1.165, 1.54) is 5.56 Å². The molecule has 1 atom stereocenters. The average Bonchev–Trinajstić information content (AvgIpc) is 2.26. The third-order valence-electron chi connectivity index (χ3n) is 3.25. The van der Waals surface area contributed by atoms with Crippen molar-refractivity contribution in [3.63, 3.8) is 0 Å². The lowest BCUT2D eigenvalue weighted by molar-refractivity contribution is -0.122. The molecular formula is C15H24N2O. The Kier molecular flexibility index (Phi) is 4.91. The third-order valence-corrected chi connectivity index (χ3v) is 3.25. The second-order valence-electron chi connectivity index (χ2n) is 5.88. The van der Waals surface area contributed by atoms with Crippen LogP contribution in [0, 0.1) is 12.3 Å². The molecule has 1 aromatic rings. The Hall–Kier alpha value is -1.35. The van der Waals surface area contributed by atoms with Crippen LogP contribution >= 0.6 is 0 Å². The van der Waals surface area contributed by atoms with Gasteiger partial charge in [0.2, 0.25) is 5.91 Å². The normalized spacial score (nSPS) is 13.2. The molecule has 0 aromatic heterocycles. The van der Waals surface area contributed by atoms with Crippen molar-refractivity contribution in [3.05, 3.63) is 35.4 Å². The number of hydrogen-bond donors (Lipinski definition) is 2. The second kappa shape index (κ2) is 6.01. The first-order chi connectivity index (χ1) is 8.30. The van der Waals surface area contributed by atoms with Crippen LogP contribution in [0.25, 0.3) is 0 Å². The third kappa shape index (κ3) is 4.49. The Labute approximate surface area is 110 Å². The molecule has 3 heteroatoms. The first-order valence-corrected chi connectivity index (χ1v) is 6.37. The average molecular weight is 248 g/mol. The Bertz CT molecular complexity index is 407. The van der Waals surface area contributed by atoms with E-state index in [1.54, 1.807) is 0 Å². The Morgan fingerprint density at radius 3 is 2.50 bits per heavy atom. The largest absolute Gasteiger partial charge is 0.352 e. The van der Waals surface area contributed by atoms with E-state index in [1.807, 2.05) is 52.0 Å². The summed E-state index contributed by atoms with van der Waals surface area (Å²) in [5, 5.41) is 2.92. The highest BCUT2D eigenvalue weighted by molar-refractivity contribution is 5.76. The van der Waals surface area contributed by atoms with Crippen LogP contribution in [-0.2, 0) is 11.3 Å². The van der Waals surface area contributed by atoms with E-state index in [2.05, 4.69) is 5.32 Å². The van der Waals surface area contributed by atoms with E-state index < -0.39 is 0 Å². The highest BCUT2D eigenvalue weighted by atomic mass is 16.1. The standard InChI is InChI=1S/C15H24N2O/c1-11-7-5-6-8-12(11)10-17-14(18)9-13(16)15(2,3)4/h5-8,13H,9-10,16H2,1-4H3,(H,17,18). The van der Waals surface area contributed by atoms with E-state index in [4.69, 9.17) is 5.73 Å². The molecule has 0 heterocycles. The molecule has 1 aromatic carbocycles. The van der Waals surface area contributed by atoms with Crippen molar-refractivity contribution in [2.75, 3.05) is 0 Å². The predicted molar refractivity (Wildman–Crippen MR) is 75.1 cm³/mol. The van der Waals surface area contributed by atoms with Crippen LogP contribution in [0.5, 0.6) is 0 Å². The SMILES string of the molecule is Cc1ccccc1CNC(=O)CC(N)C(C)(C)C. The summed E-state index contributed by atoms with van der Waals surface area (Å²) in [6.45, 7) is 8.76. The molecule has 1 unspecified atom stereocenters. The van der Waals surface area contributed by atoms with Crippen molar-refractivity contribution in [3.8, 4) is 0 Å². The molecule has 0 aliphatic heterocycles. The highest BCUT2D eigenvalue weighted by Gasteiger charge is 2.22. The van der Waals surface area contributed by atoms with Crippen molar-refractivity contribution < 1.29 is 4.79 Å². The van der Waals surface area contributed by atoms with E-state index in [0.29, 0.717) is 13.0 Å². The predicted octanol–water partition coefficient (Wildman–Crippen LogP) is 2.37. The zero-order valence-electron chi connectivity index (χ0n) is 11.8. The number of amides is 1. The van der Waals surface area contributed by atoms with Gasteiger partial charge in [-0.2, -0.15) is 0 Å². The van der Waals surface area contributed by atoms with Crippen molar-refractivity contribution in [2.45, 2.75) is 46.7 Å². The Morgan fingerprint density at radius 1 is 1.33 bits per heavy atom. The Balaban J connectivity index is 2.45. The van der Waals surface area contributed by atoms with Gasteiger partial charge in [0.05, 0.1) is 0 Å². The smallest absolute Gasteiger partial charge is 0.221 e. The summed E-state index contributed by atoms with van der Waals surface area (Å²) in [5.41, 5.74) is 8.29. The van der Waals surface area contributed by atoms with Crippen molar-refractivity contribution in [1.82, 2.24) is 5.32 Å². The molecule has 0 fully saturated rings. The first-order valence-electron chi connectivity index (χ1n) is 6.37. The molecule has 18 heavy (non-hydrogen) atoms. The maximum Gasteiger partial charge on any atom is 0.221 e. The van der Waals surface area contributed by atoms with E-state index in [9.17, 15) is 4.79 Å². The minimum Gasteiger partial charge on any atom is -0.352 e. The summed E-state index contributed by atoms with van der Waals surface area (Å²) in [7, 11) is 0. The van der Waals surface area contributed by atoms with Crippen LogP contribution in [-0.4, -0.2) is 11.9 Å². The zero-order valence-corrected chi connectivity index (χ0v) is 11.8. The number of nitrogens with one attached hydrogen (secondary N) is 1. The molecule has 0 bridgehead atoms. The van der Waals surface area contributed by atoms with E-state index in [0.717, 1.165) is 5.56 Å². The monoisotopic (exact) mass is 248 g/mol. The van der Waals surface area contributed by atoms with E-state index >= 15 is 0 Å². The van der Waals surface area contributed by atoms with Crippen LogP contribution in [0.1, 0.15) is 38.3 Å². The van der Waals surface area contributed by atoms with Gasteiger partial charge in [0, 0.05) is 19.0 Å². The molecule has 0 aliphatic carbocycles. The van der Waals surface area contributed by atoms with E-state index in [-0.39, 0.29) is 17.4 Å². The lowest BCUT2D eigenvalue weighted by atomic mass is 9.85. The van der Waals surface area contributed by atoms with Crippen LogP contribution in [0.3, 0.4) is 0 Å². The number of aryl methyl sites for hydroxylation is 1. The van der Waals surface area contributed by atoms with Gasteiger partial charge in [-0.3, -0.25) is 4.79 Å². The molecular weight excluding hydrogens is 224 g/mol. The van der Waals surface area contributed by atoms with Gasteiger partial charge in [-0.05, 0) is 23.5 Å². The summed E-state index contributed by atoms with van der Waals surface area (Å²) in [4.78, 5) is 11.8. The maximum atomic E-state index is 11.8. The van der Waals surface area contributed by atoms with Gasteiger partial charge in [-0.25, -0.2) is 0 Å².